The first-order valence-corrected chi connectivity index (χ1v) is 8.53. The summed E-state index contributed by atoms with van der Waals surface area (Å²) < 4.78 is 0. The van der Waals surface area contributed by atoms with Gasteiger partial charge in [-0.15, -0.1) is 12.4 Å². The molecule has 0 bridgehead atoms. The third kappa shape index (κ3) is 4.00. The molecular weight excluding hydrogens is 322 g/mol. The first-order valence-electron chi connectivity index (χ1n) is 7.59. The molecule has 0 aromatic carbocycles. The molecule has 2 aliphatic rings. The van der Waals surface area contributed by atoms with Crippen LogP contribution in [0, 0.1) is 0 Å². The molecule has 0 saturated carbocycles. The maximum absolute atomic E-state index is 12.3. The Morgan fingerprint density at radius 3 is 2.64 bits per heavy atom. The number of piperidine rings is 1. The van der Waals surface area contributed by atoms with Gasteiger partial charge in [-0.2, -0.15) is 11.3 Å². The average Bonchev–Trinajstić information content (AvgIpc) is 3.20. The highest BCUT2D eigenvalue weighted by Gasteiger charge is 2.30. The lowest BCUT2D eigenvalue weighted by Gasteiger charge is -2.33. The van der Waals surface area contributed by atoms with Crippen molar-refractivity contribution in [3.8, 4) is 0 Å². The van der Waals surface area contributed by atoms with Gasteiger partial charge in [0.25, 0.3) is 5.91 Å². The SMILES string of the molecule is Cl.O=C(NC1CCN(C(=O)C2CCCN2)CC1)c1ccsc1. The van der Waals surface area contributed by atoms with Gasteiger partial charge in [-0.1, -0.05) is 0 Å². The Balaban J connectivity index is 0.00000176. The molecule has 22 heavy (non-hydrogen) atoms. The summed E-state index contributed by atoms with van der Waals surface area (Å²) in [7, 11) is 0. The number of likely N-dealkylation sites (tertiary alicyclic amines) is 1. The largest absolute Gasteiger partial charge is 0.349 e. The minimum atomic E-state index is -0.00140. The highest BCUT2D eigenvalue weighted by atomic mass is 35.5. The molecule has 3 heterocycles. The molecule has 1 aromatic heterocycles. The lowest BCUT2D eigenvalue weighted by molar-refractivity contribution is -0.134. The van der Waals surface area contributed by atoms with Gasteiger partial charge in [0.2, 0.25) is 5.91 Å². The molecule has 0 spiro atoms. The average molecular weight is 344 g/mol. The molecule has 122 valence electrons. The predicted octanol–water partition coefficient (Wildman–Crippen LogP) is 1.64. The summed E-state index contributed by atoms with van der Waals surface area (Å²) in [6.07, 6.45) is 3.72. The van der Waals surface area contributed by atoms with Crippen molar-refractivity contribution >= 4 is 35.6 Å². The number of carbonyl (C=O) groups is 2. The van der Waals surface area contributed by atoms with Crippen molar-refractivity contribution in [2.24, 2.45) is 0 Å². The number of halogens is 1. The van der Waals surface area contributed by atoms with E-state index in [1.54, 1.807) is 0 Å². The molecule has 5 nitrogen and oxygen atoms in total. The summed E-state index contributed by atoms with van der Waals surface area (Å²) in [4.78, 5) is 26.2. The summed E-state index contributed by atoms with van der Waals surface area (Å²) in [5.74, 6) is 0.230. The van der Waals surface area contributed by atoms with Crippen molar-refractivity contribution in [1.29, 1.82) is 0 Å². The third-order valence-electron chi connectivity index (χ3n) is 4.28. The van der Waals surface area contributed by atoms with Crippen LogP contribution in [0.5, 0.6) is 0 Å². The maximum atomic E-state index is 12.3. The summed E-state index contributed by atoms with van der Waals surface area (Å²) in [6.45, 7) is 2.43. The maximum Gasteiger partial charge on any atom is 0.252 e. The molecule has 1 aromatic rings. The molecule has 2 aliphatic heterocycles. The van der Waals surface area contributed by atoms with Gasteiger partial charge < -0.3 is 15.5 Å². The fourth-order valence-electron chi connectivity index (χ4n) is 3.02. The zero-order valence-electron chi connectivity index (χ0n) is 12.4. The monoisotopic (exact) mass is 343 g/mol. The molecule has 2 saturated heterocycles. The van der Waals surface area contributed by atoms with E-state index in [-0.39, 0.29) is 36.3 Å². The van der Waals surface area contributed by atoms with Crippen LogP contribution in [0.3, 0.4) is 0 Å². The highest BCUT2D eigenvalue weighted by molar-refractivity contribution is 7.08. The topological polar surface area (TPSA) is 61.4 Å². The van der Waals surface area contributed by atoms with Crippen LogP contribution < -0.4 is 10.6 Å². The summed E-state index contributed by atoms with van der Waals surface area (Å²) in [5.41, 5.74) is 0.730. The van der Waals surface area contributed by atoms with Crippen LogP contribution in [0.4, 0.5) is 0 Å². The van der Waals surface area contributed by atoms with Crippen molar-refractivity contribution in [2.75, 3.05) is 19.6 Å². The Labute approximate surface area is 140 Å². The standard InChI is InChI=1S/C15H21N3O2S.ClH/c19-14(11-5-9-21-10-11)17-12-3-7-18(8-4-12)15(20)13-2-1-6-16-13;/h5,9-10,12-13,16H,1-4,6-8H2,(H,17,19);1H. The number of rotatable bonds is 3. The molecule has 0 radical (unpaired) electrons. The molecule has 2 amide bonds. The molecule has 2 fully saturated rings. The number of hydrogen-bond donors (Lipinski definition) is 2. The fourth-order valence-corrected chi connectivity index (χ4v) is 3.66. The molecule has 1 atom stereocenters. The van der Waals surface area contributed by atoms with Gasteiger partial charge in [-0.25, -0.2) is 0 Å². The first-order chi connectivity index (χ1) is 10.2. The number of nitrogens with zero attached hydrogens (tertiary/aromatic N) is 1. The Bertz CT molecular complexity index is 495. The van der Waals surface area contributed by atoms with Crippen LogP contribution in [-0.4, -0.2) is 48.4 Å². The Kier molecular flexibility index (Phi) is 6.23. The molecule has 1 unspecified atom stereocenters. The van der Waals surface area contributed by atoms with Crippen molar-refractivity contribution in [3.63, 3.8) is 0 Å². The molecule has 7 heteroatoms. The summed E-state index contributed by atoms with van der Waals surface area (Å²) in [5, 5.41) is 10.1. The normalized spacial score (nSPS) is 22.2. The van der Waals surface area contributed by atoms with E-state index < -0.39 is 0 Å². The van der Waals surface area contributed by atoms with E-state index in [4.69, 9.17) is 0 Å². The quantitative estimate of drug-likeness (QED) is 0.877. The van der Waals surface area contributed by atoms with E-state index in [1.165, 1.54) is 11.3 Å². The molecular formula is C15H22ClN3O2S. The van der Waals surface area contributed by atoms with Crippen LogP contribution in [0.1, 0.15) is 36.0 Å². The number of amides is 2. The second-order valence-electron chi connectivity index (χ2n) is 5.73. The highest BCUT2D eigenvalue weighted by Crippen LogP contribution is 2.16. The number of nitrogens with one attached hydrogen (secondary N) is 2. The van der Waals surface area contributed by atoms with E-state index >= 15 is 0 Å². The fraction of sp³-hybridized carbons (Fsp3) is 0.600. The van der Waals surface area contributed by atoms with E-state index in [0.29, 0.717) is 0 Å². The predicted molar refractivity (Wildman–Crippen MR) is 89.7 cm³/mol. The smallest absolute Gasteiger partial charge is 0.252 e. The lowest BCUT2D eigenvalue weighted by Crippen LogP contribution is -2.50. The molecule has 0 aliphatic carbocycles. The molecule has 3 rings (SSSR count). The van der Waals surface area contributed by atoms with E-state index in [9.17, 15) is 9.59 Å². The van der Waals surface area contributed by atoms with Gasteiger partial charge in [0.05, 0.1) is 6.04 Å². The van der Waals surface area contributed by atoms with Crippen LogP contribution >= 0.6 is 23.7 Å². The van der Waals surface area contributed by atoms with Crippen LogP contribution in [0.15, 0.2) is 16.8 Å². The first kappa shape index (κ1) is 17.2. The van der Waals surface area contributed by atoms with Gasteiger partial charge in [0, 0.05) is 30.1 Å². The Morgan fingerprint density at radius 2 is 2.05 bits per heavy atom. The lowest BCUT2D eigenvalue weighted by atomic mass is 10.0. The van der Waals surface area contributed by atoms with Crippen LogP contribution in [-0.2, 0) is 4.79 Å². The second kappa shape index (κ2) is 7.94. The second-order valence-corrected chi connectivity index (χ2v) is 6.51. The zero-order chi connectivity index (χ0) is 14.7. The van der Waals surface area contributed by atoms with E-state index in [2.05, 4.69) is 10.6 Å². The van der Waals surface area contributed by atoms with Crippen molar-refractivity contribution in [1.82, 2.24) is 15.5 Å². The minimum Gasteiger partial charge on any atom is -0.349 e. The van der Waals surface area contributed by atoms with Gasteiger partial charge in [-0.3, -0.25) is 9.59 Å². The number of thiophene rings is 1. The van der Waals surface area contributed by atoms with Gasteiger partial charge in [0.1, 0.15) is 0 Å². The van der Waals surface area contributed by atoms with E-state index in [0.717, 1.165) is 50.9 Å². The van der Waals surface area contributed by atoms with Crippen molar-refractivity contribution < 1.29 is 9.59 Å². The zero-order valence-corrected chi connectivity index (χ0v) is 14.0. The summed E-state index contributed by atoms with van der Waals surface area (Å²) in [6, 6.07) is 2.03. The molecule has 2 N–H and O–H groups in total. The van der Waals surface area contributed by atoms with Crippen LogP contribution in [0.25, 0.3) is 0 Å². The van der Waals surface area contributed by atoms with E-state index in [1.807, 2.05) is 21.7 Å². The van der Waals surface area contributed by atoms with Gasteiger partial charge >= 0.3 is 0 Å². The van der Waals surface area contributed by atoms with Crippen molar-refractivity contribution in [2.45, 2.75) is 37.8 Å². The summed E-state index contributed by atoms with van der Waals surface area (Å²) >= 11 is 1.53. The third-order valence-corrected chi connectivity index (χ3v) is 4.97. The Morgan fingerprint density at radius 1 is 1.27 bits per heavy atom. The minimum absolute atomic E-state index is 0. The Hall–Kier alpha value is -1.11. The van der Waals surface area contributed by atoms with Crippen molar-refractivity contribution in [3.05, 3.63) is 22.4 Å². The van der Waals surface area contributed by atoms with Gasteiger partial charge in [0.15, 0.2) is 0 Å². The van der Waals surface area contributed by atoms with Crippen LogP contribution in [0.2, 0.25) is 0 Å². The number of carbonyl (C=O) groups excluding carboxylic acids is 2. The number of hydrogen-bond acceptors (Lipinski definition) is 4. The van der Waals surface area contributed by atoms with Gasteiger partial charge in [-0.05, 0) is 43.7 Å².